The third-order valence-electron chi connectivity index (χ3n) is 2.50. The summed E-state index contributed by atoms with van der Waals surface area (Å²) in [4.78, 5) is 15.8. The lowest BCUT2D eigenvalue weighted by Gasteiger charge is -2.00. The number of carbonyl (C=O) groups excluding carboxylic acids is 1. The first-order valence-electron chi connectivity index (χ1n) is 6.22. The summed E-state index contributed by atoms with van der Waals surface area (Å²) in [6.45, 7) is 2.59. The second-order valence-corrected chi connectivity index (χ2v) is 6.59. The highest BCUT2D eigenvalue weighted by molar-refractivity contribution is 7.14. The van der Waals surface area contributed by atoms with Crippen LogP contribution in [0, 0.1) is 18.8 Å². The summed E-state index contributed by atoms with van der Waals surface area (Å²) in [5.41, 5.74) is 0. The molecule has 0 fully saturated rings. The van der Waals surface area contributed by atoms with Gasteiger partial charge in [0.25, 0.3) is 5.91 Å². The number of aliphatic hydroxyl groups excluding tert-OH is 1. The Kier molecular flexibility index (Phi) is 5.36. The molecular formula is C15H15NO2S2. The van der Waals surface area contributed by atoms with Crippen LogP contribution in [0.25, 0.3) is 0 Å². The van der Waals surface area contributed by atoms with E-state index >= 15 is 0 Å². The summed E-state index contributed by atoms with van der Waals surface area (Å²) in [5, 5.41) is 11.6. The number of nitrogens with one attached hydrogen (secondary N) is 1. The minimum absolute atomic E-state index is 0.0376. The molecule has 5 heteroatoms. The molecule has 0 spiro atoms. The standard InChI is InChI=1S/C15H15NO2S2/c1-11-5-8-14(19-11)15(18)16-10-13-7-6-12(20-13)4-2-3-9-17/h5-8,17H,3,9-10H2,1H3,(H,16,18). The minimum Gasteiger partial charge on any atom is -0.395 e. The number of aliphatic hydroxyl groups is 1. The number of thiophene rings is 2. The van der Waals surface area contributed by atoms with Crippen LogP contribution in [0.4, 0.5) is 0 Å². The lowest BCUT2D eigenvalue weighted by molar-refractivity contribution is 0.0955. The Bertz CT molecular complexity index is 646. The van der Waals surface area contributed by atoms with E-state index in [9.17, 15) is 4.79 Å². The zero-order valence-electron chi connectivity index (χ0n) is 11.1. The Labute approximate surface area is 126 Å². The molecule has 104 valence electrons. The Balaban J connectivity index is 1.88. The van der Waals surface area contributed by atoms with Crippen LogP contribution in [0.5, 0.6) is 0 Å². The molecule has 0 aliphatic rings. The maximum Gasteiger partial charge on any atom is 0.261 e. The van der Waals surface area contributed by atoms with Crippen molar-refractivity contribution in [1.82, 2.24) is 5.32 Å². The number of aryl methyl sites for hydroxylation is 1. The van der Waals surface area contributed by atoms with E-state index in [2.05, 4.69) is 17.2 Å². The van der Waals surface area contributed by atoms with Crippen LogP contribution in [0.1, 0.15) is 30.7 Å². The molecule has 2 aromatic rings. The Morgan fingerprint density at radius 2 is 2.15 bits per heavy atom. The molecule has 0 aromatic carbocycles. The molecule has 0 saturated heterocycles. The summed E-state index contributed by atoms with van der Waals surface area (Å²) >= 11 is 3.05. The first kappa shape index (κ1) is 14.8. The van der Waals surface area contributed by atoms with Gasteiger partial charge in [0.1, 0.15) is 0 Å². The van der Waals surface area contributed by atoms with E-state index in [1.165, 1.54) is 11.3 Å². The quantitative estimate of drug-likeness (QED) is 0.853. The zero-order valence-corrected chi connectivity index (χ0v) is 12.7. The number of rotatable bonds is 4. The highest BCUT2D eigenvalue weighted by atomic mass is 32.1. The molecule has 0 radical (unpaired) electrons. The average Bonchev–Trinajstić information content (AvgIpc) is 3.05. The Hall–Kier alpha value is -1.61. The fourth-order valence-corrected chi connectivity index (χ4v) is 3.16. The van der Waals surface area contributed by atoms with Crippen molar-refractivity contribution in [2.75, 3.05) is 6.61 Å². The zero-order chi connectivity index (χ0) is 14.4. The Morgan fingerprint density at radius 3 is 2.85 bits per heavy atom. The lowest BCUT2D eigenvalue weighted by Crippen LogP contribution is -2.21. The van der Waals surface area contributed by atoms with E-state index < -0.39 is 0 Å². The van der Waals surface area contributed by atoms with Gasteiger partial charge in [0.15, 0.2) is 0 Å². The molecule has 3 nitrogen and oxygen atoms in total. The van der Waals surface area contributed by atoms with Crippen LogP contribution in [-0.2, 0) is 6.54 Å². The van der Waals surface area contributed by atoms with Crippen molar-refractivity contribution in [2.45, 2.75) is 19.9 Å². The van der Waals surface area contributed by atoms with E-state index in [1.54, 1.807) is 11.3 Å². The highest BCUT2D eigenvalue weighted by Gasteiger charge is 2.08. The van der Waals surface area contributed by atoms with Crippen molar-refractivity contribution in [2.24, 2.45) is 0 Å². The second kappa shape index (κ2) is 7.25. The predicted molar refractivity (Wildman–Crippen MR) is 83.1 cm³/mol. The number of amides is 1. The fraction of sp³-hybridized carbons (Fsp3) is 0.267. The molecule has 20 heavy (non-hydrogen) atoms. The van der Waals surface area contributed by atoms with Crippen molar-refractivity contribution in [1.29, 1.82) is 0 Å². The van der Waals surface area contributed by atoms with Gasteiger partial charge in [-0.2, -0.15) is 0 Å². The summed E-state index contributed by atoms with van der Waals surface area (Å²) < 4.78 is 0. The minimum atomic E-state index is -0.0376. The SMILES string of the molecule is Cc1ccc(C(=O)NCc2ccc(C#CCCO)s2)s1. The molecular weight excluding hydrogens is 290 g/mol. The summed E-state index contributed by atoms with van der Waals surface area (Å²) in [7, 11) is 0. The fourth-order valence-electron chi connectivity index (χ4n) is 1.56. The van der Waals surface area contributed by atoms with E-state index in [1.807, 2.05) is 31.2 Å². The maximum absolute atomic E-state index is 11.9. The molecule has 1 amide bonds. The van der Waals surface area contributed by atoms with Gasteiger partial charge in [-0.05, 0) is 31.2 Å². The summed E-state index contributed by atoms with van der Waals surface area (Å²) in [6.07, 6.45) is 0.488. The number of hydrogen-bond donors (Lipinski definition) is 2. The van der Waals surface area contributed by atoms with Gasteiger partial charge in [0, 0.05) is 16.2 Å². The molecule has 2 rings (SSSR count). The van der Waals surface area contributed by atoms with Crippen LogP contribution >= 0.6 is 22.7 Å². The van der Waals surface area contributed by atoms with Crippen LogP contribution < -0.4 is 5.32 Å². The van der Waals surface area contributed by atoms with Gasteiger partial charge in [-0.25, -0.2) is 0 Å². The molecule has 2 N–H and O–H groups in total. The third kappa shape index (κ3) is 4.20. The predicted octanol–water partition coefficient (Wildman–Crippen LogP) is 2.78. The highest BCUT2D eigenvalue weighted by Crippen LogP contribution is 2.17. The van der Waals surface area contributed by atoms with Gasteiger partial charge in [-0.3, -0.25) is 4.79 Å². The van der Waals surface area contributed by atoms with Gasteiger partial charge in [0.2, 0.25) is 0 Å². The molecule has 0 bridgehead atoms. The largest absolute Gasteiger partial charge is 0.395 e. The van der Waals surface area contributed by atoms with Crippen molar-refractivity contribution >= 4 is 28.6 Å². The van der Waals surface area contributed by atoms with Crippen molar-refractivity contribution < 1.29 is 9.90 Å². The molecule has 2 aromatic heterocycles. The number of carbonyl (C=O) groups is 1. The molecule has 0 aliphatic carbocycles. The van der Waals surface area contributed by atoms with Crippen LogP contribution in [-0.4, -0.2) is 17.6 Å². The van der Waals surface area contributed by atoms with Gasteiger partial charge in [-0.15, -0.1) is 22.7 Å². The van der Waals surface area contributed by atoms with E-state index in [0.717, 1.165) is 19.5 Å². The van der Waals surface area contributed by atoms with E-state index in [4.69, 9.17) is 5.11 Å². The Morgan fingerprint density at radius 1 is 1.30 bits per heavy atom. The normalized spacial score (nSPS) is 9.90. The van der Waals surface area contributed by atoms with E-state index in [-0.39, 0.29) is 12.5 Å². The first-order valence-corrected chi connectivity index (χ1v) is 7.85. The molecule has 2 heterocycles. The van der Waals surface area contributed by atoms with Gasteiger partial charge in [-0.1, -0.05) is 11.8 Å². The van der Waals surface area contributed by atoms with Crippen LogP contribution in [0.2, 0.25) is 0 Å². The van der Waals surface area contributed by atoms with E-state index in [0.29, 0.717) is 13.0 Å². The van der Waals surface area contributed by atoms with Crippen molar-refractivity contribution in [3.63, 3.8) is 0 Å². The van der Waals surface area contributed by atoms with Crippen molar-refractivity contribution in [3.8, 4) is 11.8 Å². The van der Waals surface area contributed by atoms with Gasteiger partial charge >= 0.3 is 0 Å². The summed E-state index contributed by atoms with van der Waals surface area (Å²) in [6, 6.07) is 7.69. The van der Waals surface area contributed by atoms with Crippen molar-refractivity contribution in [3.05, 3.63) is 43.8 Å². The molecule has 0 aliphatic heterocycles. The molecule has 0 unspecified atom stereocenters. The van der Waals surface area contributed by atoms with Gasteiger partial charge < -0.3 is 10.4 Å². The van der Waals surface area contributed by atoms with Crippen LogP contribution in [0.15, 0.2) is 24.3 Å². The molecule has 0 saturated carbocycles. The second-order valence-electron chi connectivity index (χ2n) is 4.13. The van der Waals surface area contributed by atoms with Gasteiger partial charge in [0.05, 0.1) is 22.9 Å². The third-order valence-corrected chi connectivity index (χ3v) is 4.50. The number of hydrogen-bond acceptors (Lipinski definition) is 4. The lowest BCUT2D eigenvalue weighted by atomic mass is 10.3. The van der Waals surface area contributed by atoms with Crippen LogP contribution in [0.3, 0.4) is 0 Å². The maximum atomic E-state index is 11.9. The smallest absolute Gasteiger partial charge is 0.261 e. The molecule has 0 atom stereocenters. The monoisotopic (exact) mass is 305 g/mol. The summed E-state index contributed by atoms with van der Waals surface area (Å²) in [5.74, 6) is 5.83. The first-order chi connectivity index (χ1) is 9.69. The topological polar surface area (TPSA) is 49.3 Å². The average molecular weight is 305 g/mol.